The average Bonchev–Trinajstić information content (AvgIpc) is 3.18. The first kappa shape index (κ1) is 22.3. The average molecular weight is 462 g/mol. The molecule has 2 aromatic carbocycles. The Morgan fingerprint density at radius 1 is 0.886 bits per heavy atom. The van der Waals surface area contributed by atoms with Gasteiger partial charge in [0.25, 0.3) is 5.91 Å². The van der Waals surface area contributed by atoms with E-state index in [2.05, 4.69) is 32.5 Å². The van der Waals surface area contributed by atoms with Crippen LogP contribution in [0.2, 0.25) is 0 Å². The highest BCUT2D eigenvalue weighted by atomic mass is 16.1. The Labute approximate surface area is 204 Å². The number of aromatic nitrogens is 3. The monoisotopic (exact) mass is 461 g/mol. The molecule has 1 atom stereocenters. The van der Waals surface area contributed by atoms with Gasteiger partial charge in [-0.2, -0.15) is 0 Å². The van der Waals surface area contributed by atoms with Gasteiger partial charge in [-0.25, -0.2) is 4.98 Å². The molecule has 3 aromatic heterocycles. The molecule has 3 heterocycles. The van der Waals surface area contributed by atoms with Gasteiger partial charge in [-0.1, -0.05) is 24.3 Å². The summed E-state index contributed by atoms with van der Waals surface area (Å²) in [7, 11) is 0. The van der Waals surface area contributed by atoms with Crippen LogP contribution in [0, 0.1) is 20.8 Å². The van der Waals surface area contributed by atoms with Gasteiger partial charge in [-0.3, -0.25) is 9.78 Å². The zero-order valence-electron chi connectivity index (χ0n) is 20.0. The number of amides is 1. The Hall–Kier alpha value is -4.45. The highest BCUT2D eigenvalue weighted by molar-refractivity contribution is 6.06. The smallest absolute Gasteiger partial charge is 0.255 e. The minimum atomic E-state index is -0.235. The van der Waals surface area contributed by atoms with Crippen molar-refractivity contribution in [3.8, 4) is 0 Å². The lowest BCUT2D eigenvalue weighted by Crippen LogP contribution is -2.16. The molecule has 0 saturated heterocycles. The first-order chi connectivity index (χ1) is 17.0. The highest BCUT2D eigenvalue weighted by Crippen LogP contribution is 2.35. The Morgan fingerprint density at radius 2 is 1.71 bits per heavy atom. The maximum Gasteiger partial charge on any atom is 0.255 e. The molecule has 0 radical (unpaired) electrons. The fraction of sp³-hybridized carbons (Fsp3) is 0.138. The minimum Gasteiger partial charge on any atom is -0.358 e. The summed E-state index contributed by atoms with van der Waals surface area (Å²) in [6.07, 6.45) is 3.60. The maximum atomic E-state index is 12.9. The Balaban J connectivity index is 1.57. The number of carbonyl (C=O) groups is 1. The summed E-state index contributed by atoms with van der Waals surface area (Å²) in [6, 6.07) is 23.2. The van der Waals surface area contributed by atoms with Crippen LogP contribution in [-0.2, 0) is 0 Å². The van der Waals surface area contributed by atoms with Crippen molar-refractivity contribution in [1.82, 2.24) is 15.0 Å². The highest BCUT2D eigenvalue weighted by Gasteiger charge is 2.23. The molecule has 5 rings (SSSR count). The number of nitrogens with one attached hydrogen (secondary N) is 3. The van der Waals surface area contributed by atoms with Gasteiger partial charge in [0.1, 0.15) is 5.82 Å². The van der Waals surface area contributed by atoms with Crippen molar-refractivity contribution in [2.45, 2.75) is 26.8 Å². The van der Waals surface area contributed by atoms with E-state index in [0.717, 1.165) is 50.5 Å². The number of pyridine rings is 2. The van der Waals surface area contributed by atoms with Crippen LogP contribution >= 0.6 is 0 Å². The van der Waals surface area contributed by atoms with Crippen LogP contribution in [0.4, 0.5) is 11.5 Å². The number of nitrogens with zero attached hydrogens (tertiary/aromatic N) is 2. The zero-order chi connectivity index (χ0) is 24.4. The summed E-state index contributed by atoms with van der Waals surface area (Å²) in [5.41, 5.74) is 7.43. The second-order valence-electron chi connectivity index (χ2n) is 8.74. The summed E-state index contributed by atoms with van der Waals surface area (Å²) >= 11 is 0. The van der Waals surface area contributed by atoms with E-state index in [4.69, 9.17) is 0 Å². The van der Waals surface area contributed by atoms with Crippen molar-refractivity contribution in [1.29, 1.82) is 0 Å². The number of fused-ring (bicyclic) bond motifs is 1. The summed E-state index contributed by atoms with van der Waals surface area (Å²) in [4.78, 5) is 25.6. The van der Waals surface area contributed by atoms with Crippen LogP contribution in [0.5, 0.6) is 0 Å². The predicted molar refractivity (Wildman–Crippen MR) is 141 cm³/mol. The number of aromatic amines is 1. The van der Waals surface area contributed by atoms with Gasteiger partial charge in [0.05, 0.1) is 11.7 Å². The summed E-state index contributed by atoms with van der Waals surface area (Å²) in [5.74, 6) is 0.651. The molecule has 3 N–H and O–H groups in total. The number of carbonyl (C=O) groups excluding carboxylic acids is 1. The number of rotatable bonds is 6. The van der Waals surface area contributed by atoms with Gasteiger partial charge in [0.15, 0.2) is 0 Å². The molecule has 6 heteroatoms. The van der Waals surface area contributed by atoms with Crippen LogP contribution in [0.1, 0.15) is 44.5 Å². The van der Waals surface area contributed by atoms with Gasteiger partial charge in [0, 0.05) is 45.8 Å². The molecule has 0 spiro atoms. The predicted octanol–water partition coefficient (Wildman–Crippen LogP) is 6.34. The maximum absolute atomic E-state index is 12.9. The van der Waals surface area contributed by atoms with Crippen LogP contribution in [0.25, 0.3) is 10.9 Å². The molecule has 0 fully saturated rings. The molecule has 35 heavy (non-hydrogen) atoms. The first-order valence-electron chi connectivity index (χ1n) is 11.6. The zero-order valence-corrected chi connectivity index (χ0v) is 20.0. The normalized spacial score (nSPS) is 11.9. The lowest BCUT2D eigenvalue weighted by molar-refractivity contribution is 0.102. The van der Waals surface area contributed by atoms with E-state index in [1.54, 1.807) is 12.4 Å². The van der Waals surface area contributed by atoms with Crippen molar-refractivity contribution in [3.63, 3.8) is 0 Å². The van der Waals surface area contributed by atoms with E-state index >= 15 is 0 Å². The molecular formula is C29H27N5O. The molecular weight excluding hydrogens is 434 g/mol. The largest absolute Gasteiger partial charge is 0.358 e. The van der Waals surface area contributed by atoms with E-state index in [-0.39, 0.29) is 11.9 Å². The molecule has 0 aliphatic heterocycles. The van der Waals surface area contributed by atoms with Gasteiger partial charge in [0.2, 0.25) is 0 Å². The molecule has 0 aliphatic rings. The van der Waals surface area contributed by atoms with E-state index in [9.17, 15) is 4.79 Å². The second kappa shape index (κ2) is 9.43. The van der Waals surface area contributed by atoms with Crippen LogP contribution in [-0.4, -0.2) is 20.9 Å². The fourth-order valence-electron chi connectivity index (χ4n) is 4.43. The standard InChI is InChI=1S/C29H27N5O/c1-18-13-15-31-26(16-18)34-28(25-10-6-7-14-30-25)27-20(3)32-24-12-11-21(17-23(24)27)33-29(35)22-9-5-4-8-19(22)2/h4-17,28,32H,1-3H3,(H,31,34)(H,33,35). The fourth-order valence-corrected chi connectivity index (χ4v) is 4.43. The molecule has 0 bridgehead atoms. The van der Waals surface area contributed by atoms with Crippen molar-refractivity contribution < 1.29 is 4.79 Å². The molecule has 6 nitrogen and oxygen atoms in total. The third-order valence-corrected chi connectivity index (χ3v) is 6.16. The Bertz CT molecular complexity index is 1510. The quantitative estimate of drug-likeness (QED) is 0.276. The molecule has 5 aromatic rings. The summed E-state index contributed by atoms with van der Waals surface area (Å²) in [6.45, 7) is 6.04. The SMILES string of the molecule is Cc1ccnc(NC(c2ccccn2)c2c(C)[nH]c3ccc(NC(=O)c4ccccc4C)cc23)c1. The minimum absolute atomic E-state index is 0.125. The van der Waals surface area contributed by atoms with E-state index in [1.165, 1.54) is 0 Å². The number of anilines is 2. The second-order valence-corrected chi connectivity index (χ2v) is 8.74. The third kappa shape index (κ3) is 4.64. The van der Waals surface area contributed by atoms with Gasteiger partial charge >= 0.3 is 0 Å². The molecule has 1 unspecified atom stereocenters. The van der Waals surface area contributed by atoms with Gasteiger partial charge in [-0.15, -0.1) is 0 Å². The van der Waals surface area contributed by atoms with Gasteiger partial charge in [-0.05, 0) is 80.4 Å². The van der Waals surface area contributed by atoms with E-state index in [1.807, 2.05) is 86.6 Å². The van der Waals surface area contributed by atoms with Crippen molar-refractivity contribution in [2.75, 3.05) is 10.6 Å². The van der Waals surface area contributed by atoms with Crippen molar-refractivity contribution >= 4 is 28.3 Å². The van der Waals surface area contributed by atoms with E-state index < -0.39 is 0 Å². The molecule has 0 aliphatic carbocycles. The Kier molecular flexibility index (Phi) is 6.02. The van der Waals surface area contributed by atoms with E-state index in [0.29, 0.717) is 5.56 Å². The van der Waals surface area contributed by atoms with Crippen LogP contribution in [0.15, 0.2) is 85.2 Å². The number of H-pyrrole nitrogens is 1. The topological polar surface area (TPSA) is 82.7 Å². The number of aryl methyl sites for hydroxylation is 3. The van der Waals surface area contributed by atoms with Crippen molar-refractivity contribution in [2.24, 2.45) is 0 Å². The summed E-state index contributed by atoms with van der Waals surface area (Å²) < 4.78 is 0. The summed E-state index contributed by atoms with van der Waals surface area (Å²) in [5, 5.41) is 7.66. The number of benzene rings is 2. The number of hydrogen-bond acceptors (Lipinski definition) is 4. The Morgan fingerprint density at radius 3 is 2.49 bits per heavy atom. The van der Waals surface area contributed by atoms with Crippen LogP contribution < -0.4 is 10.6 Å². The third-order valence-electron chi connectivity index (χ3n) is 6.16. The lowest BCUT2D eigenvalue weighted by atomic mass is 9.99. The molecule has 174 valence electrons. The van der Waals surface area contributed by atoms with Crippen molar-refractivity contribution in [3.05, 3.63) is 119 Å². The van der Waals surface area contributed by atoms with Gasteiger partial charge < -0.3 is 15.6 Å². The lowest BCUT2D eigenvalue weighted by Gasteiger charge is -2.20. The molecule has 0 saturated carbocycles. The van der Waals surface area contributed by atoms with Crippen LogP contribution in [0.3, 0.4) is 0 Å². The molecule has 1 amide bonds. The number of hydrogen-bond donors (Lipinski definition) is 3. The first-order valence-corrected chi connectivity index (χ1v) is 11.6.